The van der Waals surface area contributed by atoms with Gasteiger partial charge in [-0.2, -0.15) is 0 Å². The molecule has 4 nitrogen and oxygen atoms in total. The molecule has 18 heavy (non-hydrogen) atoms. The van der Waals surface area contributed by atoms with Gasteiger partial charge >= 0.3 is 7.05 Å². The Bertz CT molecular complexity index is 382. The third-order valence-electron chi connectivity index (χ3n) is 3.61. The molecule has 2 heterocycles. The summed E-state index contributed by atoms with van der Waals surface area (Å²) >= 11 is 5.15. The van der Waals surface area contributed by atoms with Gasteiger partial charge in [-0.05, 0) is 42.6 Å². The van der Waals surface area contributed by atoms with E-state index in [9.17, 15) is 5.02 Å². The lowest BCUT2D eigenvalue weighted by Crippen LogP contribution is -2.48. The van der Waals surface area contributed by atoms with Gasteiger partial charge in [0.15, 0.2) is 0 Å². The van der Waals surface area contributed by atoms with Gasteiger partial charge in [0.05, 0.1) is 16.5 Å². The van der Waals surface area contributed by atoms with Gasteiger partial charge in [-0.25, -0.2) is 4.98 Å². The van der Waals surface area contributed by atoms with Crippen LogP contribution in [0, 0.1) is 0 Å². The van der Waals surface area contributed by atoms with Crippen LogP contribution in [0.4, 0.5) is 0 Å². The first-order chi connectivity index (χ1) is 8.56. The van der Waals surface area contributed by atoms with Crippen LogP contribution in [-0.2, 0) is 6.54 Å². The summed E-state index contributed by atoms with van der Waals surface area (Å²) in [4.78, 5) is 8.88. The Kier molecular flexibility index (Phi) is 5.20. The van der Waals surface area contributed by atoms with Crippen LogP contribution in [0.5, 0.6) is 0 Å². The molecule has 1 aliphatic heterocycles. The molecule has 0 aromatic carbocycles. The van der Waals surface area contributed by atoms with Gasteiger partial charge in [0, 0.05) is 19.1 Å². The van der Waals surface area contributed by atoms with Crippen molar-refractivity contribution in [1.29, 1.82) is 0 Å². The van der Waals surface area contributed by atoms with Crippen LogP contribution < -0.4 is 0 Å². The standard InChI is InChI=1S/C11H19BBrN3OS/c1-12(17)15(2)9-3-5-16(6-4-9)8-11-14-7-10(13)18-11/h7,9,17H,3-6,8H2,1-2H3. The van der Waals surface area contributed by atoms with E-state index >= 15 is 0 Å². The quantitative estimate of drug-likeness (QED) is 0.855. The maximum atomic E-state index is 9.58. The number of likely N-dealkylation sites (tertiary alicyclic amines) is 1. The molecule has 1 N–H and O–H groups in total. The summed E-state index contributed by atoms with van der Waals surface area (Å²) in [7, 11) is 1.65. The van der Waals surface area contributed by atoms with Crippen LogP contribution in [0.3, 0.4) is 0 Å². The normalized spacial score (nSPS) is 18.5. The number of aromatic nitrogens is 1. The second-order valence-corrected chi connectivity index (χ2v) is 7.36. The molecule has 0 spiro atoms. The second-order valence-electron chi connectivity index (χ2n) is 4.86. The summed E-state index contributed by atoms with van der Waals surface area (Å²) in [5.41, 5.74) is 0. The van der Waals surface area contributed by atoms with E-state index in [1.807, 2.05) is 20.1 Å². The minimum absolute atomic E-state index is 0.350. The predicted molar refractivity (Wildman–Crippen MR) is 79.7 cm³/mol. The highest BCUT2D eigenvalue weighted by Gasteiger charge is 2.26. The maximum absolute atomic E-state index is 9.58. The van der Waals surface area contributed by atoms with Gasteiger partial charge in [0.25, 0.3) is 0 Å². The van der Waals surface area contributed by atoms with Gasteiger partial charge in [-0.3, -0.25) is 4.90 Å². The molecule has 1 aliphatic rings. The number of halogens is 1. The largest absolute Gasteiger partial charge is 0.437 e. The van der Waals surface area contributed by atoms with Gasteiger partial charge in [-0.1, -0.05) is 0 Å². The van der Waals surface area contributed by atoms with E-state index in [1.165, 1.54) is 5.01 Å². The number of hydrogen-bond donors (Lipinski definition) is 1. The molecule has 2 rings (SSSR count). The maximum Gasteiger partial charge on any atom is 0.376 e. The van der Waals surface area contributed by atoms with Crippen molar-refractivity contribution in [2.24, 2.45) is 0 Å². The average molecular weight is 332 g/mol. The minimum atomic E-state index is -0.350. The van der Waals surface area contributed by atoms with Crippen molar-refractivity contribution in [2.45, 2.75) is 32.3 Å². The number of piperidine rings is 1. The Morgan fingerprint density at radius 3 is 2.78 bits per heavy atom. The molecule has 0 amide bonds. The summed E-state index contributed by atoms with van der Waals surface area (Å²) in [5.74, 6) is 0. The average Bonchev–Trinajstić information content (AvgIpc) is 2.75. The highest BCUT2D eigenvalue weighted by atomic mass is 79.9. The van der Waals surface area contributed by atoms with Crippen molar-refractivity contribution in [3.63, 3.8) is 0 Å². The monoisotopic (exact) mass is 331 g/mol. The van der Waals surface area contributed by atoms with Crippen LogP contribution >= 0.6 is 27.3 Å². The number of hydrogen-bond acceptors (Lipinski definition) is 5. The highest BCUT2D eigenvalue weighted by Crippen LogP contribution is 2.22. The first-order valence-corrected chi connectivity index (χ1v) is 7.90. The highest BCUT2D eigenvalue weighted by molar-refractivity contribution is 9.11. The molecule has 0 saturated carbocycles. The smallest absolute Gasteiger partial charge is 0.376 e. The third kappa shape index (κ3) is 3.77. The van der Waals surface area contributed by atoms with Crippen LogP contribution in [0.1, 0.15) is 17.8 Å². The Morgan fingerprint density at radius 2 is 2.28 bits per heavy atom. The molecule has 1 saturated heterocycles. The summed E-state index contributed by atoms with van der Waals surface area (Å²) in [6, 6.07) is 0.504. The molecule has 1 fully saturated rings. The predicted octanol–water partition coefficient (Wildman–Crippen LogP) is 1.91. The summed E-state index contributed by atoms with van der Waals surface area (Å²) in [5, 5.41) is 10.7. The molecule has 0 bridgehead atoms. The Balaban J connectivity index is 1.80. The van der Waals surface area contributed by atoms with Crippen LogP contribution in [0.25, 0.3) is 0 Å². The van der Waals surface area contributed by atoms with E-state index < -0.39 is 0 Å². The van der Waals surface area contributed by atoms with Crippen molar-refractivity contribution in [3.05, 3.63) is 15.0 Å². The third-order valence-corrected chi connectivity index (χ3v) is 5.07. The van der Waals surface area contributed by atoms with E-state index in [1.54, 1.807) is 11.3 Å². The number of nitrogens with zero attached hydrogens (tertiary/aromatic N) is 3. The Labute approximate surface area is 121 Å². The molecule has 0 atom stereocenters. The van der Waals surface area contributed by atoms with Crippen LogP contribution in [-0.4, -0.2) is 52.9 Å². The van der Waals surface area contributed by atoms with E-state index in [0.29, 0.717) is 6.04 Å². The zero-order valence-corrected chi connectivity index (χ0v) is 13.2. The fourth-order valence-corrected chi connectivity index (χ4v) is 3.69. The van der Waals surface area contributed by atoms with Gasteiger partial charge in [0.1, 0.15) is 5.01 Å². The van der Waals surface area contributed by atoms with Gasteiger partial charge in [0.2, 0.25) is 0 Å². The molecule has 1 aromatic heterocycles. The summed E-state index contributed by atoms with van der Waals surface area (Å²) < 4.78 is 1.10. The molecule has 0 aliphatic carbocycles. The van der Waals surface area contributed by atoms with Gasteiger partial charge in [-0.15, -0.1) is 11.3 Å². The molecular weight excluding hydrogens is 313 g/mol. The van der Waals surface area contributed by atoms with Crippen molar-refractivity contribution in [3.8, 4) is 0 Å². The lowest BCUT2D eigenvalue weighted by atomic mass is 9.82. The van der Waals surface area contributed by atoms with E-state index in [2.05, 4.69) is 30.6 Å². The number of rotatable bonds is 4. The van der Waals surface area contributed by atoms with E-state index in [4.69, 9.17) is 0 Å². The number of thiazole rings is 1. The first-order valence-electron chi connectivity index (χ1n) is 6.29. The second kappa shape index (κ2) is 6.48. The molecule has 1 aromatic rings. The van der Waals surface area contributed by atoms with Gasteiger partial charge < -0.3 is 9.83 Å². The zero-order valence-electron chi connectivity index (χ0n) is 10.8. The lowest BCUT2D eigenvalue weighted by molar-refractivity contribution is 0.156. The summed E-state index contributed by atoms with van der Waals surface area (Å²) in [6.07, 6.45) is 4.11. The zero-order chi connectivity index (χ0) is 13.1. The SMILES string of the molecule is CB(O)N(C)C1CCN(Cc2ncc(Br)s2)CC1. The topological polar surface area (TPSA) is 39.6 Å². The fourth-order valence-electron chi connectivity index (χ4n) is 2.34. The van der Waals surface area contributed by atoms with Crippen molar-refractivity contribution in [1.82, 2.24) is 14.7 Å². The molecule has 0 unspecified atom stereocenters. The molecular formula is C11H19BBrN3OS. The fraction of sp³-hybridized carbons (Fsp3) is 0.727. The summed E-state index contributed by atoms with van der Waals surface area (Å²) in [6.45, 7) is 4.94. The lowest BCUT2D eigenvalue weighted by Gasteiger charge is -2.37. The first kappa shape index (κ1) is 14.5. The van der Waals surface area contributed by atoms with E-state index in [-0.39, 0.29) is 7.05 Å². The Morgan fingerprint density at radius 1 is 1.61 bits per heavy atom. The van der Waals surface area contributed by atoms with Crippen LogP contribution in [0.2, 0.25) is 6.82 Å². The van der Waals surface area contributed by atoms with Crippen molar-refractivity contribution < 1.29 is 5.02 Å². The van der Waals surface area contributed by atoms with Crippen molar-refractivity contribution >= 4 is 34.3 Å². The molecule has 7 heteroatoms. The van der Waals surface area contributed by atoms with Crippen molar-refractivity contribution in [2.75, 3.05) is 20.1 Å². The van der Waals surface area contributed by atoms with Crippen LogP contribution in [0.15, 0.2) is 9.98 Å². The van der Waals surface area contributed by atoms with E-state index in [0.717, 1.165) is 36.3 Å². The Hall–Kier alpha value is 0.0549. The molecule has 0 radical (unpaired) electrons. The minimum Gasteiger partial charge on any atom is -0.437 e. The molecule has 100 valence electrons.